The van der Waals surface area contributed by atoms with Crippen molar-refractivity contribution in [3.05, 3.63) is 80.4 Å². The Morgan fingerprint density at radius 2 is 1.76 bits per heavy atom. The Morgan fingerprint density at radius 1 is 1.00 bits per heavy atom. The lowest BCUT2D eigenvalue weighted by Crippen LogP contribution is -2.19. The number of amides is 1. The van der Waals surface area contributed by atoms with Gasteiger partial charge in [0, 0.05) is 16.1 Å². The second-order valence-corrected chi connectivity index (χ2v) is 8.90. The molecule has 1 N–H and O–H groups in total. The molecule has 1 aromatic heterocycles. The summed E-state index contributed by atoms with van der Waals surface area (Å²) in [6, 6.07) is 15.9. The number of aryl methyl sites for hydroxylation is 3. The van der Waals surface area contributed by atoms with E-state index in [9.17, 15) is 4.79 Å². The maximum absolute atomic E-state index is 12.4. The van der Waals surface area contributed by atoms with Crippen molar-refractivity contribution in [2.75, 3.05) is 0 Å². The van der Waals surface area contributed by atoms with E-state index in [0.29, 0.717) is 15.8 Å². The lowest BCUT2D eigenvalue weighted by atomic mass is 10.1. The normalized spacial score (nSPS) is 16.6. The Bertz CT molecular complexity index is 1160. The molecule has 2 aromatic carbocycles. The second kappa shape index (κ2) is 8.05. The van der Waals surface area contributed by atoms with Crippen LogP contribution >= 0.6 is 27.7 Å². The zero-order chi connectivity index (χ0) is 20.5. The first-order valence-corrected chi connectivity index (χ1v) is 10.7. The Balaban J connectivity index is 1.57. The molecule has 146 valence electrons. The summed E-state index contributed by atoms with van der Waals surface area (Å²) in [5.41, 5.74) is 5.25. The number of halogens is 1. The van der Waals surface area contributed by atoms with E-state index in [2.05, 4.69) is 32.3 Å². The van der Waals surface area contributed by atoms with Gasteiger partial charge in [-0.05, 0) is 85.6 Å². The van der Waals surface area contributed by atoms with Crippen molar-refractivity contribution in [2.24, 2.45) is 4.99 Å². The molecule has 0 bridgehead atoms. The number of aliphatic imine (C=N–C) groups is 1. The van der Waals surface area contributed by atoms with Gasteiger partial charge in [0.1, 0.15) is 11.5 Å². The largest absolute Gasteiger partial charge is 0.457 e. The van der Waals surface area contributed by atoms with Crippen LogP contribution < -0.4 is 5.32 Å². The van der Waals surface area contributed by atoms with Crippen LogP contribution in [0.2, 0.25) is 0 Å². The minimum Gasteiger partial charge on any atom is -0.457 e. The minimum absolute atomic E-state index is 0.174. The van der Waals surface area contributed by atoms with Crippen molar-refractivity contribution in [1.29, 1.82) is 0 Å². The highest BCUT2D eigenvalue weighted by Gasteiger charge is 2.24. The molecular weight excluding hydrogens is 448 g/mol. The SMILES string of the molecule is Cc1cc(C)cc(N=C2NC(=O)C(=Cc3ccc(-c4ccc(C)cc4Br)o3)S2)c1. The van der Waals surface area contributed by atoms with Gasteiger partial charge in [0.25, 0.3) is 5.91 Å². The predicted octanol–water partition coefficient (Wildman–Crippen LogP) is 6.53. The smallest absolute Gasteiger partial charge is 0.264 e. The van der Waals surface area contributed by atoms with Crippen LogP contribution in [0.3, 0.4) is 0 Å². The van der Waals surface area contributed by atoms with E-state index >= 15 is 0 Å². The molecule has 1 saturated heterocycles. The van der Waals surface area contributed by atoms with Crippen LogP contribution in [0.1, 0.15) is 22.5 Å². The van der Waals surface area contributed by atoms with Gasteiger partial charge >= 0.3 is 0 Å². The van der Waals surface area contributed by atoms with Gasteiger partial charge in [-0.2, -0.15) is 0 Å². The minimum atomic E-state index is -0.174. The summed E-state index contributed by atoms with van der Waals surface area (Å²) in [6.07, 6.45) is 1.75. The van der Waals surface area contributed by atoms with Crippen molar-refractivity contribution in [3.63, 3.8) is 0 Å². The molecule has 4 rings (SSSR count). The fraction of sp³-hybridized carbons (Fsp3) is 0.130. The predicted molar refractivity (Wildman–Crippen MR) is 123 cm³/mol. The summed E-state index contributed by atoms with van der Waals surface area (Å²) in [5, 5.41) is 3.39. The summed E-state index contributed by atoms with van der Waals surface area (Å²) >= 11 is 4.89. The molecule has 6 heteroatoms. The average molecular weight is 467 g/mol. The van der Waals surface area contributed by atoms with Gasteiger partial charge in [0.05, 0.1) is 10.6 Å². The Kier molecular flexibility index (Phi) is 5.48. The third-order valence-electron chi connectivity index (χ3n) is 4.38. The number of hydrogen-bond donors (Lipinski definition) is 1. The summed E-state index contributed by atoms with van der Waals surface area (Å²) in [4.78, 5) is 17.5. The van der Waals surface area contributed by atoms with Crippen LogP contribution in [0.5, 0.6) is 0 Å². The fourth-order valence-electron chi connectivity index (χ4n) is 3.14. The highest BCUT2D eigenvalue weighted by Crippen LogP contribution is 2.33. The molecule has 0 unspecified atom stereocenters. The Labute approximate surface area is 182 Å². The van der Waals surface area contributed by atoms with E-state index in [1.807, 2.05) is 63.2 Å². The maximum Gasteiger partial charge on any atom is 0.264 e. The molecule has 1 aliphatic heterocycles. The van der Waals surface area contributed by atoms with E-state index in [-0.39, 0.29) is 5.91 Å². The monoisotopic (exact) mass is 466 g/mol. The van der Waals surface area contributed by atoms with Crippen LogP contribution in [0.15, 0.2) is 67.3 Å². The van der Waals surface area contributed by atoms with Crippen molar-refractivity contribution >= 4 is 50.5 Å². The standard InChI is InChI=1S/C23H19BrN2O2S/c1-13-4-6-18(19(24)11-13)20-7-5-17(28-20)12-21-22(27)26-23(29-21)25-16-9-14(2)8-15(3)10-16/h4-12H,1-3H3,(H,25,26,27). The molecule has 0 radical (unpaired) electrons. The topological polar surface area (TPSA) is 54.6 Å². The average Bonchev–Trinajstić information content (AvgIpc) is 3.21. The lowest BCUT2D eigenvalue weighted by Gasteiger charge is -2.02. The zero-order valence-corrected chi connectivity index (χ0v) is 18.6. The molecule has 0 atom stereocenters. The van der Waals surface area contributed by atoms with E-state index in [1.165, 1.54) is 17.3 Å². The van der Waals surface area contributed by atoms with E-state index in [4.69, 9.17) is 4.42 Å². The van der Waals surface area contributed by atoms with E-state index in [0.717, 1.165) is 32.6 Å². The van der Waals surface area contributed by atoms with Crippen molar-refractivity contribution in [2.45, 2.75) is 20.8 Å². The number of nitrogens with zero attached hydrogens (tertiary/aromatic N) is 1. The number of rotatable bonds is 3. The van der Waals surface area contributed by atoms with Crippen LogP contribution in [0.4, 0.5) is 5.69 Å². The van der Waals surface area contributed by atoms with Gasteiger partial charge in [-0.15, -0.1) is 0 Å². The van der Waals surface area contributed by atoms with Gasteiger partial charge in [0.2, 0.25) is 0 Å². The molecule has 0 aliphatic carbocycles. The van der Waals surface area contributed by atoms with Crippen LogP contribution in [0.25, 0.3) is 17.4 Å². The Hall–Kier alpha value is -2.57. The van der Waals surface area contributed by atoms with Gasteiger partial charge < -0.3 is 9.73 Å². The molecule has 29 heavy (non-hydrogen) atoms. The first-order valence-electron chi connectivity index (χ1n) is 9.11. The fourth-order valence-corrected chi connectivity index (χ4v) is 4.65. The van der Waals surface area contributed by atoms with Gasteiger partial charge in [-0.25, -0.2) is 4.99 Å². The van der Waals surface area contributed by atoms with Gasteiger partial charge in [-0.1, -0.05) is 28.1 Å². The van der Waals surface area contributed by atoms with Crippen molar-refractivity contribution in [3.8, 4) is 11.3 Å². The second-order valence-electron chi connectivity index (χ2n) is 7.01. The number of amidine groups is 1. The first-order chi connectivity index (χ1) is 13.9. The highest BCUT2D eigenvalue weighted by molar-refractivity contribution is 9.10. The van der Waals surface area contributed by atoms with Gasteiger partial charge in [-0.3, -0.25) is 4.79 Å². The Morgan fingerprint density at radius 3 is 2.48 bits per heavy atom. The molecule has 1 aliphatic rings. The summed E-state index contributed by atoms with van der Waals surface area (Å²) in [7, 11) is 0. The highest BCUT2D eigenvalue weighted by atomic mass is 79.9. The summed E-state index contributed by atoms with van der Waals surface area (Å²) in [5.74, 6) is 1.20. The number of carbonyl (C=O) groups is 1. The maximum atomic E-state index is 12.4. The molecule has 1 amide bonds. The summed E-state index contributed by atoms with van der Waals surface area (Å²) in [6.45, 7) is 6.10. The number of hydrogen-bond acceptors (Lipinski definition) is 4. The molecule has 1 fully saturated rings. The molecule has 3 aromatic rings. The zero-order valence-electron chi connectivity index (χ0n) is 16.2. The third kappa shape index (κ3) is 4.54. The van der Waals surface area contributed by atoms with Crippen molar-refractivity contribution < 1.29 is 9.21 Å². The molecule has 2 heterocycles. The molecular formula is C23H19BrN2O2S. The van der Waals surface area contributed by atoms with Crippen LogP contribution in [-0.4, -0.2) is 11.1 Å². The molecule has 0 saturated carbocycles. The lowest BCUT2D eigenvalue weighted by molar-refractivity contribution is -0.115. The summed E-state index contributed by atoms with van der Waals surface area (Å²) < 4.78 is 6.92. The number of carbonyl (C=O) groups excluding carboxylic acids is 1. The van der Waals surface area contributed by atoms with Crippen LogP contribution in [-0.2, 0) is 4.79 Å². The van der Waals surface area contributed by atoms with E-state index in [1.54, 1.807) is 6.08 Å². The molecule has 0 spiro atoms. The number of thioether (sulfide) groups is 1. The van der Waals surface area contributed by atoms with Crippen molar-refractivity contribution in [1.82, 2.24) is 5.32 Å². The van der Waals surface area contributed by atoms with E-state index < -0.39 is 0 Å². The van der Waals surface area contributed by atoms with Crippen LogP contribution in [0, 0.1) is 20.8 Å². The number of benzene rings is 2. The first kappa shape index (κ1) is 19.7. The number of nitrogens with one attached hydrogen (secondary N) is 1. The quantitative estimate of drug-likeness (QED) is 0.446. The van der Waals surface area contributed by atoms with Gasteiger partial charge in [0.15, 0.2) is 5.17 Å². The third-order valence-corrected chi connectivity index (χ3v) is 5.94. The number of furan rings is 1. The molecule has 4 nitrogen and oxygen atoms in total.